The Bertz CT molecular complexity index is 632. The molecule has 0 saturated heterocycles. The number of halogens is 1. The minimum absolute atomic E-state index is 0.0743. The summed E-state index contributed by atoms with van der Waals surface area (Å²) in [6, 6.07) is 13.7. The standard InChI is InChI=1S/C17H19FN2O2/c1-22-16-8-3-2-5-13(16)12-20-17(21)9-10-19-15-7-4-6-14(18)11-15/h2-8,11,19H,9-10,12H2,1H3,(H,20,21). The number of methoxy groups -OCH3 is 1. The van der Waals surface area contributed by atoms with Crippen LogP contribution in [0.5, 0.6) is 5.75 Å². The molecule has 4 nitrogen and oxygen atoms in total. The van der Waals surface area contributed by atoms with Gasteiger partial charge in [0, 0.05) is 30.8 Å². The molecule has 0 atom stereocenters. The van der Waals surface area contributed by atoms with Crippen molar-refractivity contribution in [3.8, 4) is 5.75 Å². The highest BCUT2D eigenvalue weighted by molar-refractivity contribution is 5.76. The van der Waals surface area contributed by atoms with Crippen molar-refractivity contribution in [3.05, 3.63) is 59.9 Å². The number of amides is 1. The van der Waals surface area contributed by atoms with E-state index < -0.39 is 0 Å². The molecule has 0 unspecified atom stereocenters. The van der Waals surface area contributed by atoms with E-state index in [1.54, 1.807) is 19.2 Å². The van der Waals surface area contributed by atoms with Gasteiger partial charge < -0.3 is 15.4 Å². The Morgan fingerprint density at radius 1 is 1.18 bits per heavy atom. The van der Waals surface area contributed by atoms with Crippen LogP contribution in [0.3, 0.4) is 0 Å². The van der Waals surface area contributed by atoms with E-state index in [4.69, 9.17) is 4.74 Å². The summed E-state index contributed by atoms with van der Waals surface area (Å²) in [5, 5.41) is 5.85. The van der Waals surface area contributed by atoms with E-state index >= 15 is 0 Å². The van der Waals surface area contributed by atoms with Crippen molar-refractivity contribution in [1.82, 2.24) is 5.32 Å². The van der Waals surface area contributed by atoms with Crippen LogP contribution in [0.15, 0.2) is 48.5 Å². The van der Waals surface area contributed by atoms with Gasteiger partial charge in [-0.15, -0.1) is 0 Å². The van der Waals surface area contributed by atoms with E-state index in [9.17, 15) is 9.18 Å². The van der Waals surface area contributed by atoms with Crippen molar-refractivity contribution < 1.29 is 13.9 Å². The van der Waals surface area contributed by atoms with Crippen LogP contribution in [0.25, 0.3) is 0 Å². The highest BCUT2D eigenvalue weighted by Gasteiger charge is 2.05. The number of nitrogens with one attached hydrogen (secondary N) is 2. The Hall–Kier alpha value is -2.56. The van der Waals surface area contributed by atoms with Gasteiger partial charge >= 0.3 is 0 Å². The average molecular weight is 302 g/mol. The van der Waals surface area contributed by atoms with Crippen molar-refractivity contribution in [2.75, 3.05) is 19.0 Å². The number of ether oxygens (including phenoxy) is 1. The van der Waals surface area contributed by atoms with E-state index in [1.165, 1.54) is 12.1 Å². The van der Waals surface area contributed by atoms with Crippen LogP contribution in [0, 0.1) is 5.82 Å². The fraction of sp³-hybridized carbons (Fsp3) is 0.235. The highest BCUT2D eigenvalue weighted by atomic mass is 19.1. The van der Waals surface area contributed by atoms with Crippen LogP contribution in [-0.4, -0.2) is 19.6 Å². The molecule has 5 heteroatoms. The molecule has 0 aromatic heterocycles. The molecule has 0 saturated carbocycles. The lowest BCUT2D eigenvalue weighted by Gasteiger charge is -2.10. The maximum atomic E-state index is 13.0. The second-order valence-electron chi connectivity index (χ2n) is 4.78. The third-order valence-electron chi connectivity index (χ3n) is 3.17. The first-order chi connectivity index (χ1) is 10.7. The van der Waals surface area contributed by atoms with Gasteiger partial charge in [-0.1, -0.05) is 24.3 Å². The SMILES string of the molecule is COc1ccccc1CNC(=O)CCNc1cccc(F)c1. The smallest absolute Gasteiger partial charge is 0.222 e. The van der Waals surface area contributed by atoms with E-state index in [2.05, 4.69) is 10.6 Å². The number of rotatable bonds is 7. The lowest BCUT2D eigenvalue weighted by Crippen LogP contribution is -2.25. The maximum Gasteiger partial charge on any atom is 0.222 e. The largest absolute Gasteiger partial charge is 0.496 e. The van der Waals surface area contributed by atoms with Gasteiger partial charge in [0.2, 0.25) is 5.91 Å². The molecule has 0 spiro atoms. The summed E-state index contributed by atoms with van der Waals surface area (Å²) in [4.78, 5) is 11.8. The van der Waals surface area contributed by atoms with Gasteiger partial charge in [0.05, 0.1) is 7.11 Å². The second-order valence-corrected chi connectivity index (χ2v) is 4.78. The quantitative estimate of drug-likeness (QED) is 0.827. The highest BCUT2D eigenvalue weighted by Crippen LogP contribution is 2.16. The molecule has 0 aliphatic carbocycles. The van der Waals surface area contributed by atoms with E-state index in [0.717, 1.165) is 11.3 Å². The summed E-state index contributed by atoms with van der Waals surface area (Å²) in [5.41, 5.74) is 1.59. The van der Waals surface area contributed by atoms with Gasteiger partial charge in [-0.25, -0.2) is 4.39 Å². The molecular weight excluding hydrogens is 283 g/mol. The van der Waals surface area contributed by atoms with Gasteiger partial charge in [0.15, 0.2) is 0 Å². The van der Waals surface area contributed by atoms with E-state index in [1.807, 2.05) is 24.3 Å². The molecule has 0 bridgehead atoms. The Morgan fingerprint density at radius 3 is 2.77 bits per heavy atom. The Labute approximate surface area is 129 Å². The average Bonchev–Trinajstić information content (AvgIpc) is 2.53. The minimum Gasteiger partial charge on any atom is -0.496 e. The zero-order chi connectivity index (χ0) is 15.8. The molecule has 2 aromatic rings. The van der Waals surface area contributed by atoms with Crippen LogP contribution in [-0.2, 0) is 11.3 Å². The fourth-order valence-electron chi connectivity index (χ4n) is 2.05. The summed E-state index contributed by atoms with van der Waals surface area (Å²) < 4.78 is 18.2. The molecule has 22 heavy (non-hydrogen) atoms. The summed E-state index contributed by atoms with van der Waals surface area (Å²) in [6.45, 7) is 0.865. The van der Waals surface area contributed by atoms with Gasteiger partial charge in [-0.2, -0.15) is 0 Å². The second kappa shape index (κ2) is 8.02. The van der Waals surface area contributed by atoms with Crippen LogP contribution >= 0.6 is 0 Å². The summed E-state index contributed by atoms with van der Waals surface area (Å²) in [6.07, 6.45) is 0.311. The minimum atomic E-state index is -0.300. The zero-order valence-corrected chi connectivity index (χ0v) is 12.4. The first-order valence-corrected chi connectivity index (χ1v) is 7.07. The van der Waals surface area contributed by atoms with Crippen molar-refractivity contribution in [2.45, 2.75) is 13.0 Å². The van der Waals surface area contributed by atoms with Gasteiger partial charge in [0.25, 0.3) is 0 Å². The Kier molecular flexibility index (Phi) is 5.77. The zero-order valence-electron chi connectivity index (χ0n) is 12.4. The van der Waals surface area contributed by atoms with Crippen LogP contribution < -0.4 is 15.4 Å². The molecule has 2 N–H and O–H groups in total. The molecule has 116 valence electrons. The number of benzene rings is 2. The Balaban J connectivity index is 1.74. The topological polar surface area (TPSA) is 50.4 Å². The molecule has 0 aliphatic rings. The number of carbonyl (C=O) groups excluding carboxylic acids is 1. The number of para-hydroxylation sites is 1. The number of hydrogen-bond donors (Lipinski definition) is 2. The van der Waals surface area contributed by atoms with Crippen LogP contribution in [0.4, 0.5) is 10.1 Å². The molecule has 2 aromatic carbocycles. The molecule has 0 aliphatic heterocycles. The van der Waals surface area contributed by atoms with Crippen LogP contribution in [0.1, 0.15) is 12.0 Å². The molecule has 2 rings (SSSR count). The van der Waals surface area contributed by atoms with Crippen molar-refractivity contribution in [1.29, 1.82) is 0 Å². The number of hydrogen-bond acceptors (Lipinski definition) is 3. The summed E-state index contributed by atoms with van der Waals surface area (Å²) in [5.74, 6) is 0.376. The van der Waals surface area contributed by atoms with Crippen molar-refractivity contribution in [2.24, 2.45) is 0 Å². The molecule has 0 heterocycles. The molecule has 1 amide bonds. The first kappa shape index (κ1) is 15.8. The summed E-state index contributed by atoms with van der Waals surface area (Å²) >= 11 is 0. The predicted octanol–water partition coefficient (Wildman–Crippen LogP) is 2.95. The van der Waals surface area contributed by atoms with E-state index in [-0.39, 0.29) is 11.7 Å². The third kappa shape index (κ3) is 4.77. The van der Waals surface area contributed by atoms with E-state index in [0.29, 0.717) is 25.2 Å². The number of carbonyl (C=O) groups is 1. The lowest BCUT2D eigenvalue weighted by molar-refractivity contribution is -0.121. The first-order valence-electron chi connectivity index (χ1n) is 7.07. The third-order valence-corrected chi connectivity index (χ3v) is 3.17. The maximum absolute atomic E-state index is 13.0. The lowest BCUT2D eigenvalue weighted by atomic mass is 10.2. The Morgan fingerprint density at radius 2 is 2.00 bits per heavy atom. The van der Waals surface area contributed by atoms with Gasteiger partial charge in [-0.05, 0) is 24.3 Å². The van der Waals surface area contributed by atoms with Crippen molar-refractivity contribution in [3.63, 3.8) is 0 Å². The predicted molar refractivity (Wildman–Crippen MR) is 84.3 cm³/mol. The van der Waals surface area contributed by atoms with Gasteiger partial charge in [0.1, 0.15) is 11.6 Å². The fourth-order valence-corrected chi connectivity index (χ4v) is 2.05. The monoisotopic (exact) mass is 302 g/mol. The van der Waals surface area contributed by atoms with Gasteiger partial charge in [-0.3, -0.25) is 4.79 Å². The molecule has 0 radical (unpaired) electrons. The normalized spacial score (nSPS) is 10.1. The van der Waals surface area contributed by atoms with Crippen LogP contribution in [0.2, 0.25) is 0 Å². The van der Waals surface area contributed by atoms with Crippen molar-refractivity contribution >= 4 is 11.6 Å². The summed E-state index contributed by atoms with van der Waals surface area (Å²) in [7, 11) is 1.60. The number of anilines is 1. The molecular formula is C17H19FN2O2. The molecule has 0 fully saturated rings.